The second-order valence-electron chi connectivity index (χ2n) is 5.96. The fraction of sp³-hybridized carbons (Fsp3) is 0.643. The first kappa shape index (κ1) is 13.9. The minimum Gasteiger partial charge on any atom is -0.369 e. The Kier molecular flexibility index (Phi) is 3.81. The number of piperidine rings is 1. The van der Waals surface area contributed by atoms with Crippen LogP contribution >= 0.6 is 0 Å². The number of primary amides is 1. The molecular formula is C14H21N5O2. The van der Waals surface area contributed by atoms with Crippen molar-refractivity contribution in [3.05, 3.63) is 12.3 Å². The van der Waals surface area contributed by atoms with E-state index in [2.05, 4.69) is 10.4 Å². The van der Waals surface area contributed by atoms with Crippen LogP contribution in [0.1, 0.15) is 25.7 Å². The summed E-state index contributed by atoms with van der Waals surface area (Å²) in [6.45, 7) is 1.91. The number of rotatable bonds is 4. The Bertz CT molecular complexity index is 537. The van der Waals surface area contributed by atoms with Gasteiger partial charge in [0.05, 0.1) is 12.1 Å². The van der Waals surface area contributed by atoms with Gasteiger partial charge < -0.3 is 10.6 Å². The van der Waals surface area contributed by atoms with Crippen LogP contribution in [0, 0.1) is 11.8 Å². The number of carbonyl (C=O) groups excluding carboxylic acids is 2. The highest BCUT2D eigenvalue weighted by Gasteiger charge is 2.28. The van der Waals surface area contributed by atoms with Gasteiger partial charge in [0.1, 0.15) is 5.82 Å². The van der Waals surface area contributed by atoms with Crippen molar-refractivity contribution in [2.45, 2.75) is 32.2 Å². The van der Waals surface area contributed by atoms with Gasteiger partial charge in [-0.15, -0.1) is 0 Å². The van der Waals surface area contributed by atoms with Crippen molar-refractivity contribution in [2.24, 2.45) is 17.6 Å². The van der Waals surface area contributed by atoms with Gasteiger partial charge in [0.25, 0.3) is 0 Å². The lowest BCUT2D eigenvalue weighted by molar-refractivity contribution is -0.123. The number of hydrogen-bond acceptors (Lipinski definition) is 3. The lowest BCUT2D eigenvalue weighted by Gasteiger charge is -2.31. The molecule has 21 heavy (non-hydrogen) atoms. The van der Waals surface area contributed by atoms with Crippen molar-refractivity contribution in [1.82, 2.24) is 14.7 Å². The topological polar surface area (TPSA) is 93.2 Å². The highest BCUT2D eigenvalue weighted by Crippen LogP contribution is 2.31. The molecular weight excluding hydrogens is 270 g/mol. The molecule has 2 heterocycles. The molecule has 3 amide bonds. The van der Waals surface area contributed by atoms with Gasteiger partial charge in [-0.25, -0.2) is 9.48 Å². The maximum Gasteiger partial charge on any atom is 0.323 e. The van der Waals surface area contributed by atoms with E-state index < -0.39 is 0 Å². The summed E-state index contributed by atoms with van der Waals surface area (Å²) in [7, 11) is 0. The first-order chi connectivity index (χ1) is 10.1. The van der Waals surface area contributed by atoms with E-state index in [1.54, 1.807) is 17.2 Å². The first-order valence-corrected chi connectivity index (χ1v) is 7.50. The lowest BCUT2D eigenvalue weighted by Crippen LogP contribution is -2.46. The Hall–Kier alpha value is -2.05. The number of hydrogen-bond donors (Lipinski definition) is 2. The standard InChI is InChI=1S/C14H21N5O2/c15-13(20)11-2-1-7-18(9-11)14(21)17-12-5-6-16-19(12)8-10-3-4-10/h5-6,10-11H,1-4,7-9H2,(H2,15,20)(H,17,21). The Labute approximate surface area is 123 Å². The zero-order valence-corrected chi connectivity index (χ0v) is 12.0. The monoisotopic (exact) mass is 291 g/mol. The molecule has 2 aliphatic rings. The fourth-order valence-corrected chi connectivity index (χ4v) is 2.71. The molecule has 1 saturated heterocycles. The molecule has 3 rings (SSSR count). The molecule has 0 bridgehead atoms. The van der Waals surface area contributed by atoms with E-state index >= 15 is 0 Å². The zero-order chi connectivity index (χ0) is 14.8. The van der Waals surface area contributed by atoms with E-state index in [4.69, 9.17) is 5.73 Å². The van der Waals surface area contributed by atoms with Crippen molar-refractivity contribution in [1.29, 1.82) is 0 Å². The van der Waals surface area contributed by atoms with Crippen LogP contribution in [0.2, 0.25) is 0 Å². The molecule has 7 nitrogen and oxygen atoms in total. The molecule has 1 saturated carbocycles. The summed E-state index contributed by atoms with van der Waals surface area (Å²) in [5.74, 6) is 0.843. The quantitative estimate of drug-likeness (QED) is 0.867. The SMILES string of the molecule is NC(=O)C1CCCN(C(=O)Nc2ccnn2CC2CC2)C1. The molecule has 2 fully saturated rings. The smallest absolute Gasteiger partial charge is 0.323 e. The number of nitrogens with zero attached hydrogens (tertiary/aromatic N) is 3. The van der Waals surface area contributed by atoms with Gasteiger partial charge >= 0.3 is 6.03 Å². The average molecular weight is 291 g/mol. The number of nitrogens with two attached hydrogens (primary N) is 1. The third-order valence-electron chi connectivity index (χ3n) is 4.19. The number of amides is 3. The minimum absolute atomic E-state index is 0.182. The number of anilines is 1. The van der Waals surface area contributed by atoms with Crippen molar-refractivity contribution < 1.29 is 9.59 Å². The van der Waals surface area contributed by atoms with Gasteiger partial charge in [-0.2, -0.15) is 5.10 Å². The van der Waals surface area contributed by atoms with E-state index in [-0.39, 0.29) is 17.9 Å². The summed E-state index contributed by atoms with van der Waals surface area (Å²) in [6, 6.07) is 1.62. The van der Waals surface area contributed by atoms with Crippen LogP contribution in [0.3, 0.4) is 0 Å². The summed E-state index contributed by atoms with van der Waals surface area (Å²) < 4.78 is 1.84. The minimum atomic E-state index is -0.328. The highest BCUT2D eigenvalue weighted by molar-refractivity contribution is 5.89. The van der Waals surface area contributed by atoms with Crippen molar-refractivity contribution >= 4 is 17.8 Å². The predicted molar refractivity (Wildman–Crippen MR) is 77.5 cm³/mol. The van der Waals surface area contributed by atoms with Gasteiger partial charge in [0.15, 0.2) is 0 Å². The molecule has 1 aromatic rings. The van der Waals surface area contributed by atoms with Crippen LogP contribution in [-0.2, 0) is 11.3 Å². The molecule has 114 valence electrons. The third-order valence-corrected chi connectivity index (χ3v) is 4.19. The Morgan fingerprint density at radius 1 is 1.38 bits per heavy atom. The Morgan fingerprint density at radius 2 is 2.19 bits per heavy atom. The third kappa shape index (κ3) is 3.34. The Morgan fingerprint density at radius 3 is 2.90 bits per heavy atom. The molecule has 1 aliphatic heterocycles. The summed E-state index contributed by atoms with van der Waals surface area (Å²) in [6.07, 6.45) is 5.74. The number of likely N-dealkylation sites (tertiary alicyclic amines) is 1. The van der Waals surface area contributed by atoms with E-state index in [0.29, 0.717) is 24.8 Å². The molecule has 0 spiro atoms. The van der Waals surface area contributed by atoms with E-state index in [1.165, 1.54) is 12.8 Å². The van der Waals surface area contributed by atoms with Gasteiger partial charge in [-0.1, -0.05) is 0 Å². The number of urea groups is 1. The fourth-order valence-electron chi connectivity index (χ4n) is 2.71. The average Bonchev–Trinajstić information content (AvgIpc) is 3.19. The highest BCUT2D eigenvalue weighted by atomic mass is 16.2. The summed E-state index contributed by atoms with van der Waals surface area (Å²) in [5, 5.41) is 7.14. The summed E-state index contributed by atoms with van der Waals surface area (Å²) in [5.41, 5.74) is 5.34. The van der Waals surface area contributed by atoms with Crippen LogP contribution in [0.4, 0.5) is 10.6 Å². The molecule has 7 heteroatoms. The van der Waals surface area contributed by atoms with Gasteiger partial charge in [-0.05, 0) is 31.6 Å². The predicted octanol–water partition coefficient (Wildman–Crippen LogP) is 1.02. The largest absolute Gasteiger partial charge is 0.369 e. The van der Waals surface area contributed by atoms with Crippen LogP contribution in [0.5, 0.6) is 0 Å². The maximum atomic E-state index is 12.3. The second-order valence-corrected chi connectivity index (χ2v) is 5.96. The van der Waals surface area contributed by atoms with E-state index in [9.17, 15) is 9.59 Å². The second kappa shape index (κ2) is 5.75. The van der Waals surface area contributed by atoms with Crippen molar-refractivity contribution in [3.63, 3.8) is 0 Å². The molecule has 1 aromatic heterocycles. The summed E-state index contributed by atoms with van der Waals surface area (Å²) in [4.78, 5) is 25.2. The lowest BCUT2D eigenvalue weighted by atomic mass is 9.98. The van der Waals surface area contributed by atoms with Gasteiger partial charge in [0.2, 0.25) is 5.91 Å². The molecule has 3 N–H and O–H groups in total. The molecule has 1 unspecified atom stereocenters. The van der Waals surface area contributed by atoms with Crippen LogP contribution < -0.4 is 11.1 Å². The first-order valence-electron chi connectivity index (χ1n) is 7.50. The van der Waals surface area contributed by atoms with Crippen molar-refractivity contribution in [2.75, 3.05) is 18.4 Å². The van der Waals surface area contributed by atoms with E-state index in [1.807, 2.05) is 4.68 Å². The molecule has 0 radical (unpaired) electrons. The van der Waals surface area contributed by atoms with Crippen LogP contribution in [-0.4, -0.2) is 39.7 Å². The van der Waals surface area contributed by atoms with Gasteiger partial charge in [0, 0.05) is 25.7 Å². The Balaban J connectivity index is 1.60. The van der Waals surface area contributed by atoms with Crippen molar-refractivity contribution in [3.8, 4) is 0 Å². The van der Waals surface area contributed by atoms with E-state index in [0.717, 1.165) is 19.4 Å². The van der Waals surface area contributed by atoms with Gasteiger partial charge in [-0.3, -0.25) is 10.1 Å². The van der Waals surface area contributed by atoms with Crippen LogP contribution in [0.15, 0.2) is 12.3 Å². The number of nitrogens with one attached hydrogen (secondary N) is 1. The summed E-state index contributed by atoms with van der Waals surface area (Å²) >= 11 is 0. The van der Waals surface area contributed by atoms with Crippen LogP contribution in [0.25, 0.3) is 0 Å². The normalized spacial score (nSPS) is 22.1. The number of carbonyl (C=O) groups is 2. The number of aromatic nitrogens is 2. The zero-order valence-electron chi connectivity index (χ0n) is 12.0. The molecule has 1 aliphatic carbocycles. The molecule has 1 atom stereocenters. The maximum absolute atomic E-state index is 12.3. The molecule has 0 aromatic carbocycles.